The van der Waals surface area contributed by atoms with Crippen molar-refractivity contribution >= 4 is 39.6 Å². The number of halogens is 1. The van der Waals surface area contributed by atoms with E-state index < -0.39 is 11.9 Å². The van der Waals surface area contributed by atoms with Crippen LogP contribution >= 0.6 is 27.7 Å². The molecule has 3 rings (SSSR count). The lowest BCUT2D eigenvalue weighted by Crippen LogP contribution is -2.38. The van der Waals surface area contributed by atoms with E-state index in [9.17, 15) is 9.59 Å². The molecule has 2 aromatic carbocycles. The number of benzene rings is 2. The Labute approximate surface area is 181 Å². The van der Waals surface area contributed by atoms with Gasteiger partial charge < -0.3 is 5.32 Å². The van der Waals surface area contributed by atoms with E-state index in [2.05, 4.69) is 42.8 Å². The molecule has 1 heterocycles. The number of urea groups is 1. The molecule has 0 aliphatic carbocycles. The van der Waals surface area contributed by atoms with Crippen LogP contribution in [-0.2, 0) is 4.79 Å². The molecular weight excluding hydrogens is 454 g/mol. The maximum absolute atomic E-state index is 12.0. The maximum Gasteiger partial charge on any atom is 0.321 e. The molecule has 3 amide bonds. The van der Waals surface area contributed by atoms with Gasteiger partial charge >= 0.3 is 6.03 Å². The zero-order valence-corrected chi connectivity index (χ0v) is 18.6. The highest BCUT2D eigenvalue weighted by Crippen LogP contribution is 2.29. The van der Waals surface area contributed by atoms with Gasteiger partial charge in [-0.25, -0.2) is 4.79 Å². The summed E-state index contributed by atoms with van der Waals surface area (Å²) >= 11 is 4.67. The maximum atomic E-state index is 12.0. The number of carbonyl (C=O) groups excluding carboxylic acids is 2. The normalized spacial score (nSPS) is 10.6. The van der Waals surface area contributed by atoms with Crippen molar-refractivity contribution in [3.8, 4) is 17.1 Å². The van der Waals surface area contributed by atoms with Gasteiger partial charge in [0.05, 0.1) is 11.4 Å². The molecule has 0 aliphatic rings. The number of hydrogen-bond acceptors (Lipinski definition) is 5. The topological polar surface area (TPSA) is 88.9 Å². The monoisotopic (exact) mass is 473 g/mol. The number of nitrogens with zero attached hydrogens (tertiary/aromatic N) is 3. The Bertz CT molecular complexity index is 1030. The summed E-state index contributed by atoms with van der Waals surface area (Å²) in [5.74, 6) is 0.308. The van der Waals surface area contributed by atoms with Gasteiger partial charge in [0.15, 0.2) is 11.0 Å². The fraction of sp³-hybridized carbons (Fsp3) is 0.200. The minimum absolute atomic E-state index is 0.0384. The smallest absolute Gasteiger partial charge is 0.321 e. The van der Waals surface area contributed by atoms with Gasteiger partial charge in [0, 0.05) is 17.1 Å². The number of aromatic nitrogens is 3. The van der Waals surface area contributed by atoms with Crippen LogP contribution in [0.25, 0.3) is 17.1 Å². The first kappa shape index (κ1) is 21.1. The summed E-state index contributed by atoms with van der Waals surface area (Å²) < 4.78 is 2.90. The van der Waals surface area contributed by atoms with Crippen LogP contribution in [0.1, 0.15) is 11.1 Å². The Morgan fingerprint density at radius 1 is 1.07 bits per heavy atom. The van der Waals surface area contributed by atoms with E-state index in [0.29, 0.717) is 11.0 Å². The molecule has 0 fully saturated rings. The van der Waals surface area contributed by atoms with Crippen molar-refractivity contribution in [1.29, 1.82) is 0 Å². The largest absolute Gasteiger partial charge is 0.341 e. The Balaban J connectivity index is 1.99. The number of hydrogen-bond donors (Lipinski definition) is 2. The van der Waals surface area contributed by atoms with Crippen LogP contribution in [0.3, 0.4) is 0 Å². The molecule has 29 heavy (non-hydrogen) atoms. The van der Waals surface area contributed by atoms with E-state index in [0.717, 1.165) is 26.9 Å². The van der Waals surface area contributed by atoms with E-state index >= 15 is 0 Å². The van der Waals surface area contributed by atoms with Gasteiger partial charge in [0.1, 0.15) is 0 Å². The summed E-state index contributed by atoms with van der Waals surface area (Å²) in [6, 6.07) is 13.5. The summed E-state index contributed by atoms with van der Waals surface area (Å²) in [4.78, 5) is 23.3. The Morgan fingerprint density at radius 3 is 2.34 bits per heavy atom. The predicted molar refractivity (Wildman–Crippen MR) is 117 cm³/mol. The summed E-state index contributed by atoms with van der Waals surface area (Å²) in [6.45, 7) is 4.06. The van der Waals surface area contributed by atoms with Crippen molar-refractivity contribution in [3.05, 3.63) is 58.1 Å². The molecule has 9 heteroatoms. The van der Waals surface area contributed by atoms with Crippen LogP contribution in [0.5, 0.6) is 0 Å². The molecule has 0 saturated heterocycles. The molecule has 1 aromatic heterocycles. The summed E-state index contributed by atoms with van der Waals surface area (Å²) in [6.07, 6.45) is 0. The second-order valence-electron chi connectivity index (χ2n) is 6.41. The molecule has 0 aliphatic heterocycles. The van der Waals surface area contributed by atoms with Gasteiger partial charge in [0.2, 0.25) is 5.91 Å². The summed E-state index contributed by atoms with van der Waals surface area (Å²) in [5, 5.41) is 13.9. The zero-order valence-electron chi connectivity index (χ0n) is 16.2. The molecule has 3 aromatic rings. The van der Waals surface area contributed by atoms with Crippen LogP contribution in [0.4, 0.5) is 4.79 Å². The quantitative estimate of drug-likeness (QED) is 0.549. The van der Waals surface area contributed by atoms with Crippen LogP contribution in [-0.4, -0.2) is 39.5 Å². The predicted octanol–water partition coefficient (Wildman–Crippen LogP) is 3.86. The number of rotatable bonds is 5. The molecule has 150 valence electrons. The lowest BCUT2D eigenvalue weighted by Gasteiger charge is -2.12. The van der Waals surface area contributed by atoms with Crippen molar-refractivity contribution < 1.29 is 9.59 Å². The molecular formula is C20H20BrN5O2S. The van der Waals surface area contributed by atoms with Crippen LogP contribution in [0.2, 0.25) is 0 Å². The zero-order chi connectivity index (χ0) is 21.0. The summed E-state index contributed by atoms with van der Waals surface area (Å²) in [7, 11) is 1.46. The number of thioether (sulfide) groups is 1. The van der Waals surface area contributed by atoms with E-state index in [1.807, 2.05) is 54.8 Å². The van der Waals surface area contributed by atoms with E-state index in [1.165, 1.54) is 18.8 Å². The lowest BCUT2D eigenvalue weighted by molar-refractivity contribution is -0.117. The molecule has 0 spiro atoms. The first-order chi connectivity index (χ1) is 13.9. The van der Waals surface area contributed by atoms with Crippen LogP contribution in [0.15, 0.2) is 52.1 Å². The van der Waals surface area contributed by atoms with E-state index in [4.69, 9.17) is 0 Å². The average molecular weight is 474 g/mol. The number of imide groups is 1. The van der Waals surface area contributed by atoms with Crippen molar-refractivity contribution in [2.75, 3.05) is 12.8 Å². The second kappa shape index (κ2) is 9.23. The van der Waals surface area contributed by atoms with E-state index in [1.54, 1.807) is 0 Å². The summed E-state index contributed by atoms with van der Waals surface area (Å²) in [5.41, 5.74) is 4.05. The number of carbonyl (C=O) groups is 2. The number of amides is 3. The van der Waals surface area contributed by atoms with Crippen LogP contribution in [0, 0.1) is 13.8 Å². The third-order valence-corrected chi connectivity index (χ3v) is 5.47. The highest BCUT2D eigenvalue weighted by molar-refractivity contribution is 9.10. The van der Waals surface area contributed by atoms with Crippen LogP contribution < -0.4 is 10.6 Å². The second-order valence-corrected chi connectivity index (χ2v) is 8.27. The van der Waals surface area contributed by atoms with Gasteiger partial charge in [-0.1, -0.05) is 45.9 Å². The fourth-order valence-electron chi connectivity index (χ4n) is 2.82. The average Bonchev–Trinajstić information content (AvgIpc) is 3.10. The van der Waals surface area contributed by atoms with E-state index in [-0.39, 0.29) is 5.75 Å². The molecule has 0 atom stereocenters. The fourth-order valence-corrected chi connectivity index (χ4v) is 3.83. The van der Waals surface area contributed by atoms with Crippen molar-refractivity contribution in [3.63, 3.8) is 0 Å². The van der Waals surface area contributed by atoms with Gasteiger partial charge in [0.25, 0.3) is 0 Å². The molecule has 2 N–H and O–H groups in total. The Hall–Kier alpha value is -2.65. The van der Waals surface area contributed by atoms with Gasteiger partial charge in [-0.15, -0.1) is 10.2 Å². The Morgan fingerprint density at radius 2 is 1.72 bits per heavy atom. The SMILES string of the molecule is CNC(=O)NC(=O)CSc1nnc(-c2ccc(Br)cc2)n1-c1cc(C)cc(C)c1. The molecule has 0 saturated carbocycles. The van der Waals surface area contributed by atoms with Crippen molar-refractivity contribution in [2.45, 2.75) is 19.0 Å². The molecule has 0 unspecified atom stereocenters. The van der Waals surface area contributed by atoms with Gasteiger partial charge in [-0.3, -0.25) is 14.7 Å². The number of aryl methyl sites for hydroxylation is 2. The molecule has 7 nitrogen and oxygen atoms in total. The minimum atomic E-state index is -0.540. The standard InChI is InChI=1S/C20H20BrN5O2S/c1-12-8-13(2)10-16(9-12)26-18(14-4-6-15(21)7-5-14)24-25-20(26)29-11-17(27)23-19(28)22-3/h4-10H,11H2,1-3H3,(H2,22,23,27,28). The van der Waals surface area contributed by atoms with Crippen molar-refractivity contribution in [1.82, 2.24) is 25.4 Å². The Kier molecular flexibility index (Phi) is 6.71. The first-order valence-corrected chi connectivity index (χ1v) is 10.6. The third-order valence-electron chi connectivity index (χ3n) is 4.01. The van der Waals surface area contributed by atoms with Gasteiger partial charge in [-0.05, 0) is 49.2 Å². The third kappa shape index (κ3) is 5.24. The lowest BCUT2D eigenvalue weighted by atomic mass is 10.1. The molecule has 0 bridgehead atoms. The minimum Gasteiger partial charge on any atom is -0.341 e. The highest BCUT2D eigenvalue weighted by Gasteiger charge is 2.18. The number of nitrogens with one attached hydrogen (secondary N) is 2. The van der Waals surface area contributed by atoms with Gasteiger partial charge in [-0.2, -0.15) is 0 Å². The highest BCUT2D eigenvalue weighted by atomic mass is 79.9. The van der Waals surface area contributed by atoms with Crippen molar-refractivity contribution in [2.24, 2.45) is 0 Å². The molecule has 0 radical (unpaired) electrons. The first-order valence-electron chi connectivity index (χ1n) is 8.82.